The number of halogens is 5. The highest BCUT2D eigenvalue weighted by Crippen LogP contribution is 2.56. The van der Waals surface area contributed by atoms with Gasteiger partial charge in [0.05, 0.1) is 0 Å². The van der Waals surface area contributed by atoms with Crippen LogP contribution >= 0.6 is 11.5 Å². The molecule has 8 nitrogen and oxygen atoms in total. The number of urea groups is 1. The van der Waals surface area contributed by atoms with Gasteiger partial charge in [-0.25, -0.2) is 18.6 Å². The highest BCUT2D eigenvalue weighted by molar-refractivity contribution is 7.05. The molecule has 2 aromatic rings. The van der Waals surface area contributed by atoms with Gasteiger partial charge in [0, 0.05) is 86.2 Å². The lowest BCUT2D eigenvalue weighted by molar-refractivity contribution is -0.140. The number of hydrogen-bond donors (Lipinski definition) is 1. The van der Waals surface area contributed by atoms with Crippen molar-refractivity contribution in [2.24, 2.45) is 10.8 Å². The molecule has 7 rings (SSSR count). The van der Waals surface area contributed by atoms with Crippen LogP contribution in [0.15, 0.2) is 6.07 Å². The average molecular weight is 544 g/mol. The second kappa shape index (κ2) is 7.61. The quantitative estimate of drug-likeness (QED) is 0.592. The minimum Gasteiger partial charge on any atom is -0.323 e. The number of aromatic nitrogens is 4. The summed E-state index contributed by atoms with van der Waals surface area (Å²) in [6.07, 6.45) is -2.94. The van der Waals surface area contributed by atoms with Crippen LogP contribution in [0.1, 0.15) is 59.7 Å². The van der Waals surface area contributed by atoms with E-state index in [0.717, 1.165) is 56.6 Å². The molecule has 2 amide bonds. The fraction of sp³-hybridized carbons (Fsp3) is 0.739. The third-order valence-electron chi connectivity index (χ3n) is 8.71. The van der Waals surface area contributed by atoms with E-state index in [-0.39, 0.29) is 41.5 Å². The van der Waals surface area contributed by atoms with Crippen molar-refractivity contribution < 1.29 is 26.7 Å². The predicted molar refractivity (Wildman–Crippen MR) is 121 cm³/mol. The molecule has 0 aromatic carbocycles. The van der Waals surface area contributed by atoms with Crippen LogP contribution in [0.4, 0.5) is 26.7 Å². The monoisotopic (exact) mass is 543 g/mol. The summed E-state index contributed by atoms with van der Waals surface area (Å²) in [6.45, 7) is 4.82. The molecule has 200 valence electrons. The Bertz CT molecular complexity index is 1210. The fourth-order valence-electron chi connectivity index (χ4n) is 6.89. The second-order valence-corrected chi connectivity index (χ2v) is 12.9. The Labute approximate surface area is 213 Å². The van der Waals surface area contributed by atoms with Crippen LogP contribution in [-0.4, -0.2) is 85.5 Å². The first-order chi connectivity index (χ1) is 17.4. The topological polar surface area (TPSA) is 81.2 Å². The largest absolute Gasteiger partial charge is 0.434 e. The van der Waals surface area contributed by atoms with E-state index in [1.165, 1.54) is 0 Å². The van der Waals surface area contributed by atoms with E-state index in [1.807, 2.05) is 9.80 Å². The zero-order valence-electron chi connectivity index (χ0n) is 19.9. The van der Waals surface area contributed by atoms with E-state index >= 15 is 0 Å². The molecule has 5 aliphatic rings. The Hall–Kier alpha value is -2.35. The average Bonchev–Trinajstić information content (AvgIpc) is 3.34. The van der Waals surface area contributed by atoms with Crippen LogP contribution in [0.5, 0.6) is 0 Å². The molecule has 37 heavy (non-hydrogen) atoms. The van der Waals surface area contributed by atoms with E-state index < -0.39 is 17.8 Å². The molecule has 2 spiro atoms. The van der Waals surface area contributed by atoms with Gasteiger partial charge in [0.2, 0.25) is 5.92 Å². The molecule has 5 fully saturated rings. The zero-order chi connectivity index (χ0) is 25.8. The summed E-state index contributed by atoms with van der Waals surface area (Å²) in [7, 11) is 0. The standard InChI is InChI=1S/C23H26F5N7OS/c24-22(25)4-14(5-22)18-29-17(30-31-18)13-2-20(3-13)9-34(10-20)19(36)35-11-21(12-35)7-33(8-21)6-15-1-16(32-37-15)23(26,27)28/h1,13-14H,2-12H2,(H,29,30,31). The second-order valence-electron chi connectivity index (χ2n) is 12.0. The lowest BCUT2D eigenvalue weighted by atomic mass is 9.57. The van der Waals surface area contributed by atoms with Crippen LogP contribution < -0.4 is 0 Å². The van der Waals surface area contributed by atoms with E-state index in [1.54, 1.807) is 0 Å². The Morgan fingerprint density at radius 3 is 2.24 bits per heavy atom. The fourth-order valence-corrected chi connectivity index (χ4v) is 7.66. The molecular formula is C23H26F5N7OS. The smallest absolute Gasteiger partial charge is 0.323 e. The van der Waals surface area contributed by atoms with Crippen LogP contribution in [0.25, 0.3) is 0 Å². The van der Waals surface area contributed by atoms with E-state index in [2.05, 4.69) is 24.5 Å². The first-order valence-corrected chi connectivity index (χ1v) is 13.3. The maximum absolute atomic E-state index is 13.1. The van der Waals surface area contributed by atoms with Crippen molar-refractivity contribution in [2.75, 3.05) is 39.3 Å². The van der Waals surface area contributed by atoms with Crippen molar-refractivity contribution in [3.05, 3.63) is 28.3 Å². The van der Waals surface area contributed by atoms with Gasteiger partial charge in [-0.1, -0.05) is 0 Å². The third-order valence-corrected chi connectivity index (χ3v) is 9.48. The number of H-pyrrole nitrogens is 1. The number of likely N-dealkylation sites (tertiary alicyclic amines) is 3. The summed E-state index contributed by atoms with van der Waals surface area (Å²) >= 11 is 0.892. The molecule has 2 saturated carbocycles. The molecule has 0 bridgehead atoms. The first-order valence-electron chi connectivity index (χ1n) is 12.5. The van der Waals surface area contributed by atoms with Crippen molar-refractivity contribution in [1.82, 2.24) is 34.3 Å². The number of alkyl halides is 5. The predicted octanol–water partition coefficient (Wildman–Crippen LogP) is 3.91. The van der Waals surface area contributed by atoms with Gasteiger partial charge in [0.25, 0.3) is 0 Å². The van der Waals surface area contributed by atoms with Crippen LogP contribution in [-0.2, 0) is 12.7 Å². The highest BCUT2D eigenvalue weighted by atomic mass is 32.1. The Kier molecular flexibility index (Phi) is 4.88. The molecule has 3 aliphatic heterocycles. The zero-order valence-corrected chi connectivity index (χ0v) is 20.7. The summed E-state index contributed by atoms with van der Waals surface area (Å²) in [5.41, 5.74) is -0.658. The lowest BCUT2D eigenvalue weighted by Gasteiger charge is -2.63. The van der Waals surface area contributed by atoms with Crippen molar-refractivity contribution >= 4 is 17.6 Å². The Balaban J connectivity index is 0.833. The molecule has 0 radical (unpaired) electrons. The highest BCUT2D eigenvalue weighted by Gasteiger charge is 2.59. The van der Waals surface area contributed by atoms with Crippen LogP contribution in [0, 0.1) is 10.8 Å². The first kappa shape index (κ1) is 23.7. The number of carbonyl (C=O) groups excluding carboxylic acids is 1. The number of nitrogens with one attached hydrogen (secondary N) is 1. The summed E-state index contributed by atoms with van der Waals surface area (Å²) in [5.74, 6) is -1.35. The normalized spacial score (nSPS) is 26.4. The van der Waals surface area contributed by atoms with Gasteiger partial charge in [0.15, 0.2) is 11.5 Å². The summed E-state index contributed by atoms with van der Waals surface area (Å²) in [4.78, 5) is 23.8. The van der Waals surface area contributed by atoms with Crippen LogP contribution in [0.3, 0.4) is 0 Å². The van der Waals surface area contributed by atoms with Gasteiger partial charge in [-0.3, -0.25) is 10.00 Å². The molecule has 5 heterocycles. The summed E-state index contributed by atoms with van der Waals surface area (Å²) in [6, 6.07) is 1.18. The molecule has 2 aromatic heterocycles. The van der Waals surface area contributed by atoms with Crippen molar-refractivity contribution in [2.45, 2.75) is 56.2 Å². The minimum absolute atomic E-state index is 0.0570. The van der Waals surface area contributed by atoms with Crippen LogP contribution in [0.2, 0.25) is 0 Å². The molecule has 0 unspecified atom stereocenters. The maximum atomic E-state index is 13.1. The van der Waals surface area contributed by atoms with Crippen molar-refractivity contribution in [3.8, 4) is 0 Å². The van der Waals surface area contributed by atoms with Gasteiger partial charge in [-0.05, 0) is 30.4 Å². The number of hydrogen-bond acceptors (Lipinski definition) is 6. The number of nitrogens with zero attached hydrogens (tertiary/aromatic N) is 6. The Morgan fingerprint density at radius 1 is 1.00 bits per heavy atom. The van der Waals surface area contributed by atoms with E-state index in [0.29, 0.717) is 36.2 Å². The molecule has 2 aliphatic carbocycles. The van der Waals surface area contributed by atoms with Crippen molar-refractivity contribution in [3.63, 3.8) is 0 Å². The summed E-state index contributed by atoms with van der Waals surface area (Å²) in [5, 5.41) is 7.11. The molecule has 1 N–H and O–H groups in total. The molecule has 14 heteroatoms. The SMILES string of the molecule is O=C(N1CC2(CC(c3n[nH]c(C4CC(F)(F)C4)n3)C2)C1)N1CC2(CN(Cc3cc(C(F)(F)F)ns3)C2)C1. The number of carbonyl (C=O) groups is 1. The number of rotatable bonds is 4. The molecule has 3 saturated heterocycles. The van der Waals surface area contributed by atoms with Gasteiger partial charge >= 0.3 is 12.2 Å². The van der Waals surface area contributed by atoms with Crippen molar-refractivity contribution in [1.29, 1.82) is 0 Å². The van der Waals surface area contributed by atoms with Gasteiger partial charge in [0.1, 0.15) is 5.82 Å². The molecule has 0 atom stereocenters. The van der Waals surface area contributed by atoms with Gasteiger partial charge < -0.3 is 9.80 Å². The van der Waals surface area contributed by atoms with Gasteiger partial charge in [-0.2, -0.15) is 22.6 Å². The summed E-state index contributed by atoms with van der Waals surface area (Å²) < 4.78 is 68.0. The lowest BCUT2D eigenvalue weighted by Crippen LogP contribution is -2.75. The van der Waals surface area contributed by atoms with E-state index in [4.69, 9.17) is 0 Å². The van der Waals surface area contributed by atoms with E-state index in [9.17, 15) is 26.7 Å². The minimum atomic E-state index is -4.41. The van der Waals surface area contributed by atoms with Gasteiger partial charge in [-0.15, -0.1) is 0 Å². The number of aromatic amines is 1. The Morgan fingerprint density at radius 2 is 1.65 bits per heavy atom. The number of amides is 2. The molecular weight excluding hydrogens is 517 g/mol. The maximum Gasteiger partial charge on any atom is 0.434 e. The third kappa shape index (κ3) is 4.01.